The van der Waals surface area contributed by atoms with Crippen molar-refractivity contribution in [3.05, 3.63) is 352 Å². The van der Waals surface area contributed by atoms with Crippen LogP contribution in [0.2, 0.25) is 0 Å². The third-order valence-corrected chi connectivity index (χ3v) is 25.0. The second-order valence-corrected chi connectivity index (χ2v) is 33.7. The molecular weight excluding hydrogens is 1560 g/mol. The summed E-state index contributed by atoms with van der Waals surface area (Å²) in [6.07, 6.45) is 6.74. The number of anilines is 2. The number of ether oxygens (including phenoxy) is 4. The molecule has 21 nitrogen and oxygen atoms in total. The molecule has 9 aromatic carbocycles. The quantitative estimate of drug-likeness (QED) is 0.0423. The number of amides is 3. The Kier molecular flexibility index (Phi) is 30.9. The highest BCUT2D eigenvalue weighted by Crippen LogP contribution is 2.34. The maximum atomic E-state index is 13.5. The fourth-order valence-electron chi connectivity index (χ4n) is 14.5. The minimum Gasteiger partial charge on any atom is -0.494 e. The number of aryl methyl sites for hydroxylation is 4. The summed E-state index contributed by atoms with van der Waals surface area (Å²) in [5, 5.41) is 5.00. The highest BCUT2D eigenvalue weighted by Gasteiger charge is 2.33. The molecule has 3 amide bonds. The first-order valence-electron chi connectivity index (χ1n) is 40.9. The Bertz CT molecular complexity index is 5670. The van der Waals surface area contributed by atoms with Gasteiger partial charge in [0, 0.05) is 104 Å². The van der Waals surface area contributed by atoms with E-state index in [2.05, 4.69) is 47.9 Å². The number of hydrogen-bond donors (Lipinski definition) is 0. The van der Waals surface area contributed by atoms with Crippen LogP contribution < -0.4 is 24.0 Å². The van der Waals surface area contributed by atoms with Gasteiger partial charge in [0.15, 0.2) is 9.84 Å². The normalized spacial score (nSPS) is 13.1. The second kappa shape index (κ2) is 42.5. The smallest absolute Gasteiger partial charge is 0.254 e. The number of carbonyl (C=O) groups is 3. The van der Waals surface area contributed by atoms with Gasteiger partial charge in [-0.3, -0.25) is 19.4 Å². The molecule has 628 valence electrons. The van der Waals surface area contributed by atoms with Crippen LogP contribution in [0.1, 0.15) is 141 Å². The molecule has 121 heavy (non-hydrogen) atoms. The minimum absolute atomic E-state index is 0.00327. The number of sulfone groups is 1. The van der Waals surface area contributed by atoms with Crippen LogP contribution in [0.15, 0.2) is 296 Å². The zero-order valence-corrected chi connectivity index (χ0v) is 71.5. The molecule has 0 bridgehead atoms. The standard InChI is InChI=1S/C26H28N2O3.C25H26N2O4.C24H26N2O5S.C23H25NO2S/c1-27(19-23-9-5-6-10-25(23)28-15-17-30-18-16-28)26(29)22-11-13-24(14-12-22)31-20-21-7-3-2-4-8-21;1-5-23-21(20-11-6-7-12-24(20)30-23)14-27(4)25(28)18-9-8-10-19(13-18)29-15-22-16(2)26-31-17(22)3;1-2-30-20-11-13-22(14-12-20)32(28,29)25(17-21-9-6-16-31-21)18-24(27)26-15-5-8-19-7-3-4-10-23(19)26;1-3-18(2)19-12-14-21(15-13-19)27(25,26)17-22(20-9-5-4-6-10-20)23-11-7-8-16-24-23/h2-14H,15-20H2,1H3;6-13H,5,14-15H2,1-4H3;3-4,6-7,9-14,16H,2,5,8,15,17-18H2,1H3;4-16,18,22H,3,17H2,1-2H3. The highest BCUT2D eigenvalue weighted by atomic mass is 32.2. The number of furan rings is 2. The van der Waals surface area contributed by atoms with Crippen LogP contribution in [0.4, 0.5) is 11.4 Å². The number of morpholine rings is 1. The zero-order valence-electron chi connectivity index (χ0n) is 69.8. The van der Waals surface area contributed by atoms with Gasteiger partial charge in [0.25, 0.3) is 11.8 Å². The summed E-state index contributed by atoms with van der Waals surface area (Å²) in [6.45, 7) is 17.8. The molecule has 13 aromatic rings. The second-order valence-electron chi connectivity index (χ2n) is 29.7. The molecule has 23 heteroatoms. The lowest BCUT2D eigenvalue weighted by atomic mass is 9.97. The van der Waals surface area contributed by atoms with E-state index in [-0.39, 0.29) is 47.4 Å². The summed E-state index contributed by atoms with van der Waals surface area (Å²) in [4.78, 5) is 51.7. The molecule has 0 N–H and O–H groups in total. The predicted molar refractivity (Wildman–Crippen MR) is 471 cm³/mol. The van der Waals surface area contributed by atoms with Gasteiger partial charge in [-0.25, -0.2) is 16.8 Å². The lowest BCUT2D eigenvalue weighted by molar-refractivity contribution is -0.119. The number of pyridine rings is 1. The third-order valence-electron chi connectivity index (χ3n) is 21.4. The molecule has 1 saturated heterocycles. The van der Waals surface area contributed by atoms with Crippen LogP contribution in [0, 0.1) is 13.8 Å². The molecule has 0 spiro atoms. The van der Waals surface area contributed by atoms with Crippen molar-refractivity contribution in [1.82, 2.24) is 24.2 Å². The van der Waals surface area contributed by atoms with Crippen molar-refractivity contribution in [3.63, 3.8) is 0 Å². The molecule has 15 rings (SSSR count). The van der Waals surface area contributed by atoms with E-state index in [1.165, 1.54) is 34.0 Å². The molecule has 6 heterocycles. The number of aromatic nitrogens is 2. The summed E-state index contributed by atoms with van der Waals surface area (Å²) < 4.78 is 93.5. The zero-order chi connectivity index (χ0) is 85.3. The van der Waals surface area contributed by atoms with Gasteiger partial charge in [-0.1, -0.05) is 165 Å². The third kappa shape index (κ3) is 23.4. The average Bonchev–Trinajstić information content (AvgIpc) is 1.64. The van der Waals surface area contributed by atoms with E-state index in [0.29, 0.717) is 78.7 Å². The van der Waals surface area contributed by atoms with Gasteiger partial charge in [0.05, 0.1) is 66.0 Å². The monoisotopic (exact) mass is 1670 g/mol. The van der Waals surface area contributed by atoms with Gasteiger partial charge in [-0.05, 0) is 195 Å². The van der Waals surface area contributed by atoms with E-state index in [9.17, 15) is 31.2 Å². The Hall–Kier alpha value is -12.4. The first-order chi connectivity index (χ1) is 58.7. The van der Waals surface area contributed by atoms with Crippen LogP contribution >= 0.6 is 0 Å². The highest BCUT2D eigenvalue weighted by molar-refractivity contribution is 7.91. The van der Waals surface area contributed by atoms with Gasteiger partial charge in [-0.2, -0.15) is 4.31 Å². The van der Waals surface area contributed by atoms with Crippen molar-refractivity contribution in [2.45, 2.75) is 122 Å². The van der Waals surface area contributed by atoms with Crippen LogP contribution in [-0.4, -0.2) is 125 Å². The number of carbonyl (C=O) groups excluding carboxylic acids is 3. The Morgan fingerprint density at radius 3 is 1.90 bits per heavy atom. The predicted octanol–water partition coefficient (Wildman–Crippen LogP) is 18.9. The summed E-state index contributed by atoms with van der Waals surface area (Å²) in [5.41, 5.74) is 13.1. The number of para-hydroxylation sites is 3. The van der Waals surface area contributed by atoms with E-state index < -0.39 is 19.9 Å². The number of rotatable bonds is 29. The lowest BCUT2D eigenvalue weighted by Gasteiger charge is -2.31. The topological polar surface area (TPSA) is 238 Å². The van der Waals surface area contributed by atoms with Crippen molar-refractivity contribution in [3.8, 4) is 17.2 Å². The Morgan fingerprint density at radius 1 is 0.570 bits per heavy atom. The van der Waals surface area contributed by atoms with E-state index in [0.717, 1.165) is 131 Å². The van der Waals surface area contributed by atoms with Crippen LogP contribution in [0.3, 0.4) is 0 Å². The average molecular weight is 1670 g/mol. The van der Waals surface area contributed by atoms with Gasteiger partial charge in [0.2, 0.25) is 15.9 Å². The number of fused-ring (bicyclic) bond motifs is 2. The van der Waals surface area contributed by atoms with Gasteiger partial charge < -0.3 is 51.9 Å². The first kappa shape index (κ1) is 87.9. The van der Waals surface area contributed by atoms with Gasteiger partial charge in [0.1, 0.15) is 53.3 Å². The van der Waals surface area contributed by atoms with Crippen LogP contribution in [0.25, 0.3) is 11.0 Å². The fraction of sp³-hybridized carbons (Fsp3) is 0.276. The van der Waals surface area contributed by atoms with E-state index in [4.69, 9.17) is 32.3 Å². The molecule has 1 fully saturated rings. The summed E-state index contributed by atoms with van der Waals surface area (Å²) in [6, 6.07) is 80.9. The molecule has 2 unspecified atom stereocenters. The van der Waals surface area contributed by atoms with Crippen LogP contribution in [0.5, 0.6) is 17.2 Å². The molecule has 4 aromatic heterocycles. The summed E-state index contributed by atoms with van der Waals surface area (Å²) in [7, 11) is -3.74. The Labute approximate surface area is 710 Å². The van der Waals surface area contributed by atoms with Gasteiger partial charge in [-0.15, -0.1) is 0 Å². The van der Waals surface area contributed by atoms with Gasteiger partial charge >= 0.3 is 0 Å². The first-order valence-corrected chi connectivity index (χ1v) is 44.0. The SMILES string of the molecule is CCC(C)c1ccc(S(=O)(=O)CC(c2ccccc2)c2ccccn2)cc1.CCOc1ccc(S(=O)(=O)N(CC(=O)N2CCCc3ccccc32)Cc2ccco2)cc1.CCc1oc2ccccc2c1CN(C)C(=O)c1cccc(OCc2c(C)noc2C)c1.CN(Cc1ccccc1N1CCOCC1)C(=O)c1ccc(OCc2ccccc2)cc1. The van der Waals surface area contributed by atoms with E-state index in [1.54, 1.807) is 76.5 Å². The molecule has 2 aliphatic rings. The largest absolute Gasteiger partial charge is 0.494 e. The minimum atomic E-state index is -3.95. The summed E-state index contributed by atoms with van der Waals surface area (Å²) in [5.74, 6) is 3.86. The number of sulfonamides is 1. The van der Waals surface area contributed by atoms with Crippen molar-refractivity contribution in [1.29, 1.82) is 0 Å². The van der Waals surface area contributed by atoms with Crippen molar-refractivity contribution < 1.29 is 63.5 Å². The van der Waals surface area contributed by atoms with E-state index in [1.807, 2.05) is 216 Å². The maximum Gasteiger partial charge on any atom is 0.254 e. The molecule has 2 aliphatic heterocycles. The number of benzene rings is 9. The fourth-order valence-corrected chi connectivity index (χ4v) is 17.4. The van der Waals surface area contributed by atoms with Crippen molar-refractivity contribution in [2.24, 2.45) is 0 Å². The maximum absolute atomic E-state index is 13.5. The van der Waals surface area contributed by atoms with Crippen LogP contribution in [-0.2, 0) is 75.1 Å². The molecular formula is C98H105N7O14S2. The number of hydrogen-bond acceptors (Lipinski definition) is 17. The van der Waals surface area contributed by atoms with Crippen molar-refractivity contribution >= 4 is 59.9 Å². The molecule has 2 atom stereocenters. The molecule has 0 saturated carbocycles. The van der Waals surface area contributed by atoms with E-state index >= 15 is 0 Å². The lowest BCUT2D eigenvalue weighted by Crippen LogP contribution is -2.44. The number of nitrogens with zero attached hydrogens (tertiary/aromatic N) is 7. The summed E-state index contributed by atoms with van der Waals surface area (Å²) >= 11 is 0. The molecule has 0 aliphatic carbocycles. The molecule has 0 radical (unpaired) electrons. The Balaban J connectivity index is 0.000000148. The van der Waals surface area contributed by atoms with Crippen molar-refractivity contribution in [2.75, 3.05) is 75.6 Å². The Morgan fingerprint density at radius 2 is 1.21 bits per heavy atom.